The fraction of sp³-hybridized carbons (Fsp3) is 0.354. The van der Waals surface area contributed by atoms with E-state index in [1.807, 2.05) is 24.3 Å². The molecule has 1 aromatic heterocycles. The van der Waals surface area contributed by atoms with Crippen LogP contribution in [0, 0.1) is 29.6 Å². The summed E-state index contributed by atoms with van der Waals surface area (Å²) in [6.07, 6.45) is 2.60. The standard InChI is InChI=1S/C48H44Cl2F3N5O7/c1-64-38-20-27(21-39(65-2)41(38)59)8-15-35-32-13-14-33-40(45(62)57(43(33)60)31-16-18-56(19-17-31)25-26-6-4-3-5-7-26)34(32)23-36-44(61)58(46(63)47(35,36)28-9-11-30(49)12-10-28)55-42-37(50)22-29(24-54-42)48(51,52)53/h3-13,15,20-22,24,31,33-36,40,59H,14,16-19,23,25H2,1-2H3,(H,54,55). The summed E-state index contributed by atoms with van der Waals surface area (Å²) in [5.41, 5.74) is 2.58. The number of phenolic OH excluding ortho intramolecular Hbond substituents is 1. The number of allylic oxidation sites excluding steroid dienone is 3. The van der Waals surface area contributed by atoms with E-state index in [-0.39, 0.29) is 53.8 Å². The molecule has 338 valence electrons. The van der Waals surface area contributed by atoms with Crippen LogP contribution in [0.15, 0.2) is 96.7 Å². The number of aromatic hydroxyl groups is 1. The van der Waals surface area contributed by atoms with Gasteiger partial charge in [-0.1, -0.05) is 89.5 Å². The van der Waals surface area contributed by atoms with E-state index in [0.717, 1.165) is 11.6 Å². The van der Waals surface area contributed by atoms with Crippen molar-refractivity contribution >= 4 is 58.7 Å². The van der Waals surface area contributed by atoms with Crippen molar-refractivity contribution < 1.29 is 46.9 Å². The SMILES string of the molecule is COc1cc(C=CC2C3=CCC4C(=O)N(C5CCN(Cc6ccccc6)CC5)C(=O)C4C3CC3C(=O)N(Nc4ncc(C(F)(F)F)cc4Cl)C(=O)C23c2ccc(Cl)cc2)cc(OC)c1O. The number of hydrogen-bond acceptors (Lipinski definition) is 10. The predicted octanol–water partition coefficient (Wildman–Crippen LogP) is 8.33. The van der Waals surface area contributed by atoms with E-state index in [1.54, 1.807) is 48.6 Å². The minimum atomic E-state index is -4.76. The Labute approximate surface area is 382 Å². The second-order valence-electron chi connectivity index (χ2n) is 17.1. The molecule has 17 heteroatoms. The van der Waals surface area contributed by atoms with Crippen LogP contribution in [0.1, 0.15) is 47.9 Å². The molecule has 3 aliphatic heterocycles. The van der Waals surface area contributed by atoms with E-state index in [4.69, 9.17) is 32.7 Å². The molecule has 2 aliphatic carbocycles. The van der Waals surface area contributed by atoms with Gasteiger partial charge in [0.1, 0.15) is 0 Å². The summed E-state index contributed by atoms with van der Waals surface area (Å²) in [6.45, 7) is 2.15. The molecule has 9 rings (SSSR count). The van der Waals surface area contributed by atoms with Crippen LogP contribution in [0.25, 0.3) is 6.08 Å². The van der Waals surface area contributed by atoms with Gasteiger partial charge in [0.25, 0.3) is 11.8 Å². The summed E-state index contributed by atoms with van der Waals surface area (Å²) >= 11 is 12.7. The Kier molecular flexibility index (Phi) is 11.7. The number of likely N-dealkylation sites (tertiary alicyclic amines) is 2. The number of hydrogen-bond donors (Lipinski definition) is 2. The smallest absolute Gasteiger partial charge is 0.417 e. The summed E-state index contributed by atoms with van der Waals surface area (Å²) in [7, 11) is 2.77. The molecule has 65 heavy (non-hydrogen) atoms. The number of fused-ring (bicyclic) bond motifs is 4. The number of nitrogens with one attached hydrogen (secondary N) is 1. The average Bonchev–Trinajstić information content (AvgIpc) is 3.67. The first-order valence-corrected chi connectivity index (χ1v) is 22.0. The Hall–Kier alpha value is -5.90. The Bertz CT molecular complexity index is 2600. The number of amides is 4. The zero-order valence-corrected chi connectivity index (χ0v) is 36.7. The molecule has 4 aromatic rings. The molecule has 0 radical (unpaired) electrons. The van der Waals surface area contributed by atoms with Gasteiger partial charge in [-0.25, -0.2) is 4.98 Å². The molecule has 12 nitrogen and oxygen atoms in total. The van der Waals surface area contributed by atoms with Crippen molar-refractivity contribution in [3.8, 4) is 17.2 Å². The largest absolute Gasteiger partial charge is 0.502 e. The van der Waals surface area contributed by atoms with E-state index in [2.05, 4.69) is 27.4 Å². The van der Waals surface area contributed by atoms with Gasteiger partial charge in [0.15, 0.2) is 17.3 Å². The molecule has 4 heterocycles. The minimum absolute atomic E-state index is 0.0138. The molecular weight excluding hydrogens is 886 g/mol. The number of benzene rings is 3. The van der Waals surface area contributed by atoms with Gasteiger partial charge in [-0.3, -0.25) is 34.4 Å². The highest BCUT2D eigenvalue weighted by atomic mass is 35.5. The second-order valence-corrected chi connectivity index (χ2v) is 18.0. The summed E-state index contributed by atoms with van der Waals surface area (Å²) in [5.74, 6) is -6.69. The van der Waals surface area contributed by atoms with Crippen LogP contribution in [0.2, 0.25) is 10.0 Å². The van der Waals surface area contributed by atoms with Crippen LogP contribution in [0.4, 0.5) is 19.0 Å². The van der Waals surface area contributed by atoms with Crippen molar-refractivity contribution in [2.45, 2.75) is 49.9 Å². The summed E-state index contributed by atoms with van der Waals surface area (Å²) in [5, 5.41) is 11.3. The van der Waals surface area contributed by atoms with Gasteiger partial charge in [0, 0.05) is 42.8 Å². The second kappa shape index (κ2) is 17.1. The van der Waals surface area contributed by atoms with Crippen LogP contribution in [-0.2, 0) is 37.3 Å². The van der Waals surface area contributed by atoms with Crippen molar-refractivity contribution in [1.29, 1.82) is 0 Å². The lowest BCUT2D eigenvalue weighted by molar-refractivity contribution is -0.144. The number of hydrazine groups is 1. The number of phenols is 1. The van der Waals surface area contributed by atoms with E-state index < -0.39 is 63.6 Å². The topological polar surface area (TPSA) is 142 Å². The van der Waals surface area contributed by atoms with Crippen LogP contribution in [0.5, 0.6) is 17.2 Å². The van der Waals surface area contributed by atoms with E-state index in [9.17, 15) is 27.9 Å². The number of anilines is 1. The Morgan fingerprint density at radius 2 is 1.58 bits per heavy atom. The first-order valence-electron chi connectivity index (χ1n) is 21.3. The first-order chi connectivity index (χ1) is 31.1. The molecule has 0 bridgehead atoms. The molecule has 6 unspecified atom stereocenters. The van der Waals surface area contributed by atoms with Crippen LogP contribution >= 0.6 is 23.2 Å². The molecular formula is C48H44Cl2F3N5O7. The lowest BCUT2D eigenvalue weighted by atomic mass is 9.50. The third kappa shape index (κ3) is 7.60. The lowest BCUT2D eigenvalue weighted by Crippen LogP contribution is -2.54. The highest BCUT2D eigenvalue weighted by Crippen LogP contribution is 2.62. The zero-order valence-electron chi connectivity index (χ0n) is 35.2. The van der Waals surface area contributed by atoms with Gasteiger partial charge in [-0.05, 0) is 78.6 Å². The number of carbonyl (C=O) groups is 4. The van der Waals surface area contributed by atoms with Gasteiger partial charge >= 0.3 is 6.18 Å². The van der Waals surface area contributed by atoms with Crippen molar-refractivity contribution in [1.82, 2.24) is 19.8 Å². The van der Waals surface area contributed by atoms with Crippen molar-refractivity contribution in [2.75, 3.05) is 32.7 Å². The van der Waals surface area contributed by atoms with Crippen molar-refractivity contribution in [3.05, 3.63) is 129 Å². The van der Waals surface area contributed by atoms with Crippen molar-refractivity contribution in [3.63, 3.8) is 0 Å². The number of pyridine rings is 1. The van der Waals surface area contributed by atoms with Gasteiger partial charge in [-0.2, -0.15) is 18.2 Å². The fourth-order valence-corrected chi connectivity index (χ4v) is 11.1. The van der Waals surface area contributed by atoms with Gasteiger partial charge in [0.2, 0.25) is 17.6 Å². The van der Waals surface area contributed by atoms with Crippen LogP contribution in [0.3, 0.4) is 0 Å². The van der Waals surface area contributed by atoms with Crippen molar-refractivity contribution in [2.24, 2.45) is 29.6 Å². The number of piperidine rings is 1. The molecule has 5 aliphatic rings. The van der Waals surface area contributed by atoms with Crippen LogP contribution < -0.4 is 14.9 Å². The first kappa shape index (κ1) is 44.3. The number of halogens is 5. The maximum absolute atomic E-state index is 15.5. The van der Waals surface area contributed by atoms with E-state index >= 15 is 9.59 Å². The lowest BCUT2D eigenvalue weighted by Gasteiger charge is -2.49. The Balaban J connectivity index is 1.12. The van der Waals surface area contributed by atoms with Gasteiger partial charge < -0.3 is 14.6 Å². The summed E-state index contributed by atoms with van der Waals surface area (Å²) in [4.78, 5) is 67.5. The molecule has 0 spiro atoms. The highest BCUT2D eigenvalue weighted by molar-refractivity contribution is 6.33. The van der Waals surface area contributed by atoms with E-state index in [1.165, 1.54) is 24.7 Å². The fourth-order valence-electron chi connectivity index (χ4n) is 10.8. The third-order valence-electron chi connectivity index (χ3n) is 13.8. The zero-order chi connectivity index (χ0) is 45.9. The molecule has 6 atom stereocenters. The number of alkyl halides is 3. The Morgan fingerprint density at radius 1 is 0.908 bits per heavy atom. The average molecular weight is 931 g/mol. The molecule has 4 amide bonds. The molecule has 3 aromatic carbocycles. The molecule has 3 saturated heterocycles. The minimum Gasteiger partial charge on any atom is -0.502 e. The normalized spacial score (nSPS) is 26.0. The third-order valence-corrected chi connectivity index (χ3v) is 14.3. The number of imide groups is 2. The Morgan fingerprint density at radius 3 is 2.22 bits per heavy atom. The number of methoxy groups -OCH3 is 2. The number of nitrogens with zero attached hydrogens (tertiary/aromatic N) is 4. The molecule has 4 fully saturated rings. The summed E-state index contributed by atoms with van der Waals surface area (Å²) < 4.78 is 51.7. The number of rotatable bonds is 10. The monoisotopic (exact) mass is 929 g/mol. The maximum Gasteiger partial charge on any atom is 0.417 e. The highest BCUT2D eigenvalue weighted by Gasteiger charge is 2.70. The van der Waals surface area contributed by atoms with Gasteiger partial charge in [0.05, 0.1) is 48.0 Å². The predicted molar refractivity (Wildman–Crippen MR) is 234 cm³/mol. The number of aromatic nitrogens is 1. The molecule has 1 saturated carbocycles. The van der Waals surface area contributed by atoms with Gasteiger partial charge in [-0.15, -0.1) is 0 Å². The number of ether oxygens (including phenoxy) is 2. The van der Waals surface area contributed by atoms with Crippen LogP contribution in [-0.4, -0.2) is 81.9 Å². The van der Waals surface area contributed by atoms with E-state index in [0.29, 0.717) is 59.9 Å². The number of carbonyl (C=O) groups excluding carboxylic acids is 4. The maximum atomic E-state index is 15.5. The summed E-state index contributed by atoms with van der Waals surface area (Å²) in [6, 6.07) is 20.1. The molecule has 2 N–H and O–H groups in total. The quantitative estimate of drug-likeness (QED) is 0.118.